The Morgan fingerprint density at radius 1 is 1.43 bits per heavy atom. The number of nitrogens with one attached hydrogen (secondary N) is 1. The maximum Gasteiger partial charge on any atom is 0.214 e. The minimum atomic E-state index is 0.217. The quantitative estimate of drug-likeness (QED) is 0.588. The first-order chi connectivity index (χ1) is 6.77. The molecule has 1 aromatic heterocycles. The molecule has 3 heteroatoms. The van der Waals surface area contributed by atoms with Gasteiger partial charge >= 0.3 is 0 Å². The molecule has 14 heavy (non-hydrogen) atoms. The highest BCUT2D eigenvalue weighted by Gasteiger charge is 2.02. The van der Waals surface area contributed by atoms with E-state index in [1.165, 1.54) is 0 Å². The van der Waals surface area contributed by atoms with Crippen molar-refractivity contribution in [3.05, 3.63) is 29.6 Å². The predicted molar refractivity (Wildman–Crippen MR) is 56.7 cm³/mol. The topological polar surface area (TPSA) is 46.0 Å². The molecular weight excluding hydrogens is 176 g/mol. The molecule has 0 saturated carbocycles. The van der Waals surface area contributed by atoms with Gasteiger partial charge in [0.15, 0.2) is 0 Å². The highest BCUT2D eigenvalue weighted by Crippen LogP contribution is 2.05. The van der Waals surface area contributed by atoms with Gasteiger partial charge in [-0.05, 0) is 24.5 Å². The SMILES string of the molecule is CCCOC(=N)c1cncc(CC)c1. The van der Waals surface area contributed by atoms with Crippen LogP contribution in [0.5, 0.6) is 0 Å². The average molecular weight is 192 g/mol. The van der Waals surface area contributed by atoms with E-state index in [4.69, 9.17) is 10.1 Å². The molecule has 1 N–H and O–H groups in total. The molecule has 0 aliphatic rings. The van der Waals surface area contributed by atoms with E-state index in [0.717, 1.165) is 24.0 Å². The van der Waals surface area contributed by atoms with Gasteiger partial charge < -0.3 is 4.74 Å². The lowest BCUT2D eigenvalue weighted by Crippen LogP contribution is -2.06. The Bertz CT molecular complexity index is 310. The number of ether oxygens (including phenoxy) is 1. The highest BCUT2D eigenvalue weighted by atomic mass is 16.5. The average Bonchev–Trinajstić information content (AvgIpc) is 2.26. The Hall–Kier alpha value is -1.38. The van der Waals surface area contributed by atoms with Gasteiger partial charge in [-0.2, -0.15) is 0 Å². The van der Waals surface area contributed by atoms with Crippen LogP contribution in [0.1, 0.15) is 31.4 Å². The van der Waals surface area contributed by atoms with E-state index in [0.29, 0.717) is 6.61 Å². The van der Waals surface area contributed by atoms with Gasteiger partial charge in [0.2, 0.25) is 5.90 Å². The van der Waals surface area contributed by atoms with E-state index in [1.54, 1.807) is 6.20 Å². The zero-order valence-electron chi connectivity index (χ0n) is 8.71. The fourth-order valence-corrected chi connectivity index (χ4v) is 1.09. The zero-order valence-corrected chi connectivity index (χ0v) is 8.71. The van der Waals surface area contributed by atoms with Gasteiger partial charge in [-0.3, -0.25) is 10.4 Å². The van der Waals surface area contributed by atoms with Crippen LogP contribution in [0.4, 0.5) is 0 Å². The molecule has 0 aliphatic carbocycles. The molecule has 0 unspecified atom stereocenters. The molecule has 0 bridgehead atoms. The number of nitrogens with zero attached hydrogens (tertiary/aromatic N) is 1. The van der Waals surface area contributed by atoms with Gasteiger partial charge in [0, 0.05) is 12.4 Å². The molecule has 0 amide bonds. The predicted octanol–water partition coefficient (Wildman–Crippen LogP) is 2.40. The fraction of sp³-hybridized carbons (Fsp3) is 0.455. The minimum absolute atomic E-state index is 0.217. The third-order valence-electron chi connectivity index (χ3n) is 1.92. The van der Waals surface area contributed by atoms with E-state index in [2.05, 4.69) is 11.9 Å². The summed E-state index contributed by atoms with van der Waals surface area (Å²) in [7, 11) is 0. The van der Waals surface area contributed by atoms with Crippen molar-refractivity contribution >= 4 is 5.90 Å². The lowest BCUT2D eigenvalue weighted by molar-refractivity contribution is 0.303. The molecular formula is C11H16N2O. The van der Waals surface area contributed by atoms with Crippen molar-refractivity contribution in [2.24, 2.45) is 0 Å². The molecule has 0 radical (unpaired) electrons. The lowest BCUT2D eigenvalue weighted by Gasteiger charge is -2.06. The van der Waals surface area contributed by atoms with Crippen molar-refractivity contribution in [2.45, 2.75) is 26.7 Å². The number of aryl methyl sites for hydroxylation is 1. The lowest BCUT2D eigenvalue weighted by atomic mass is 10.1. The van der Waals surface area contributed by atoms with E-state index in [1.807, 2.05) is 19.2 Å². The largest absolute Gasteiger partial charge is 0.478 e. The number of aromatic nitrogens is 1. The van der Waals surface area contributed by atoms with Crippen LogP contribution in [-0.4, -0.2) is 17.5 Å². The highest BCUT2D eigenvalue weighted by molar-refractivity contribution is 5.91. The summed E-state index contributed by atoms with van der Waals surface area (Å²) in [6, 6.07) is 1.95. The smallest absolute Gasteiger partial charge is 0.214 e. The fourth-order valence-electron chi connectivity index (χ4n) is 1.09. The van der Waals surface area contributed by atoms with Gasteiger partial charge in [0.1, 0.15) is 0 Å². The summed E-state index contributed by atoms with van der Waals surface area (Å²) in [6.07, 6.45) is 5.33. The molecule has 0 atom stereocenters. The Kier molecular flexibility index (Phi) is 4.11. The molecule has 76 valence electrons. The van der Waals surface area contributed by atoms with E-state index in [-0.39, 0.29) is 5.90 Å². The van der Waals surface area contributed by atoms with Crippen molar-refractivity contribution < 1.29 is 4.74 Å². The van der Waals surface area contributed by atoms with Gasteiger partial charge in [-0.25, -0.2) is 0 Å². The molecule has 1 heterocycles. The molecule has 0 saturated heterocycles. The summed E-state index contributed by atoms with van der Waals surface area (Å²) in [5.41, 5.74) is 1.89. The van der Waals surface area contributed by atoms with Crippen LogP contribution in [-0.2, 0) is 11.2 Å². The van der Waals surface area contributed by atoms with Crippen LogP contribution in [0, 0.1) is 5.41 Å². The van der Waals surface area contributed by atoms with Gasteiger partial charge in [0.25, 0.3) is 0 Å². The van der Waals surface area contributed by atoms with Crippen molar-refractivity contribution in [1.82, 2.24) is 4.98 Å². The Morgan fingerprint density at radius 2 is 2.21 bits per heavy atom. The van der Waals surface area contributed by atoms with Gasteiger partial charge in [0.05, 0.1) is 12.2 Å². The molecule has 3 nitrogen and oxygen atoms in total. The monoisotopic (exact) mass is 192 g/mol. The Balaban J connectivity index is 2.69. The van der Waals surface area contributed by atoms with E-state index >= 15 is 0 Å². The molecule has 0 aliphatic heterocycles. The molecule has 1 aromatic rings. The zero-order chi connectivity index (χ0) is 10.4. The van der Waals surface area contributed by atoms with Crippen LogP contribution < -0.4 is 0 Å². The summed E-state index contributed by atoms with van der Waals surface area (Å²) in [5, 5.41) is 7.64. The van der Waals surface area contributed by atoms with Crippen molar-refractivity contribution in [1.29, 1.82) is 5.41 Å². The molecule has 0 fully saturated rings. The second-order valence-corrected chi connectivity index (χ2v) is 3.11. The second kappa shape index (κ2) is 5.37. The first-order valence-electron chi connectivity index (χ1n) is 4.93. The maximum absolute atomic E-state index is 7.64. The van der Waals surface area contributed by atoms with Crippen LogP contribution in [0.3, 0.4) is 0 Å². The Morgan fingerprint density at radius 3 is 2.86 bits per heavy atom. The third-order valence-corrected chi connectivity index (χ3v) is 1.92. The van der Waals surface area contributed by atoms with E-state index < -0.39 is 0 Å². The molecule has 0 spiro atoms. The van der Waals surface area contributed by atoms with Crippen LogP contribution in [0.25, 0.3) is 0 Å². The number of rotatable bonds is 4. The minimum Gasteiger partial charge on any atom is -0.478 e. The summed E-state index contributed by atoms with van der Waals surface area (Å²) in [5.74, 6) is 0.217. The molecule has 0 aromatic carbocycles. The Labute approximate surface area is 84.6 Å². The second-order valence-electron chi connectivity index (χ2n) is 3.11. The molecule has 1 rings (SSSR count). The van der Waals surface area contributed by atoms with Crippen LogP contribution in [0.2, 0.25) is 0 Å². The standard InChI is InChI=1S/C11H16N2O/c1-3-5-14-11(12)10-6-9(4-2)7-13-8-10/h6-8,12H,3-5H2,1-2H3. The maximum atomic E-state index is 7.64. The van der Waals surface area contributed by atoms with Crippen molar-refractivity contribution in [3.8, 4) is 0 Å². The number of hydrogen-bond acceptors (Lipinski definition) is 3. The van der Waals surface area contributed by atoms with Crippen LogP contribution >= 0.6 is 0 Å². The summed E-state index contributed by atoms with van der Waals surface area (Å²) in [4.78, 5) is 4.06. The van der Waals surface area contributed by atoms with Crippen LogP contribution in [0.15, 0.2) is 18.5 Å². The van der Waals surface area contributed by atoms with Gasteiger partial charge in [-0.15, -0.1) is 0 Å². The number of hydrogen-bond donors (Lipinski definition) is 1. The number of pyridine rings is 1. The van der Waals surface area contributed by atoms with E-state index in [9.17, 15) is 0 Å². The summed E-state index contributed by atoms with van der Waals surface area (Å²) < 4.78 is 5.22. The van der Waals surface area contributed by atoms with Crippen molar-refractivity contribution in [3.63, 3.8) is 0 Å². The third kappa shape index (κ3) is 2.83. The first kappa shape index (κ1) is 10.7. The first-order valence-corrected chi connectivity index (χ1v) is 4.93. The van der Waals surface area contributed by atoms with Crippen molar-refractivity contribution in [2.75, 3.05) is 6.61 Å². The summed E-state index contributed by atoms with van der Waals surface area (Å²) in [6.45, 7) is 4.68. The normalized spacial score (nSPS) is 9.86. The summed E-state index contributed by atoms with van der Waals surface area (Å²) >= 11 is 0. The van der Waals surface area contributed by atoms with Gasteiger partial charge in [-0.1, -0.05) is 13.8 Å².